The minimum Gasteiger partial charge on any atom is -0.507 e. The minimum atomic E-state index is -0.945. The van der Waals surface area contributed by atoms with Crippen molar-refractivity contribution in [3.05, 3.63) is 87.8 Å². The van der Waals surface area contributed by atoms with E-state index in [4.69, 9.17) is 20.8 Å². The molecule has 1 unspecified atom stereocenters. The summed E-state index contributed by atoms with van der Waals surface area (Å²) in [6.45, 7) is 3.88. The van der Waals surface area contributed by atoms with Crippen LogP contribution < -0.4 is 9.64 Å². The molecule has 6 nitrogen and oxygen atoms in total. The molecule has 0 aliphatic carbocycles. The molecule has 1 aliphatic heterocycles. The van der Waals surface area contributed by atoms with E-state index < -0.39 is 23.5 Å². The number of aliphatic hydroxyl groups excluding tert-OH is 1. The van der Waals surface area contributed by atoms with Gasteiger partial charge in [0, 0.05) is 11.3 Å². The fourth-order valence-corrected chi connectivity index (χ4v) is 3.86. The van der Waals surface area contributed by atoms with Crippen molar-refractivity contribution >= 4 is 34.7 Å². The molecule has 158 valence electrons. The number of ether oxygens (including phenoxy) is 1. The van der Waals surface area contributed by atoms with Crippen LogP contribution in [0.25, 0.3) is 5.76 Å². The molecule has 1 atom stereocenters. The standard InChI is InChI=1S/C24H20ClNO5/c1-13-6-7-15(11-14(13)2)26-21(19-5-4-10-31-19)20(23(28)24(26)29)22(27)17-12-16(30-3)8-9-18(17)25/h4-12,21,27H,1-3H3/b22-20-. The molecule has 4 rings (SSSR count). The SMILES string of the molecule is COc1ccc(Cl)c(/C(O)=C2/C(=O)C(=O)N(c3ccc(C)c(C)c3)C2c2ccco2)c1. The van der Waals surface area contributed by atoms with Gasteiger partial charge in [-0.2, -0.15) is 0 Å². The number of hydrogen-bond donors (Lipinski definition) is 1. The maximum Gasteiger partial charge on any atom is 0.300 e. The lowest BCUT2D eigenvalue weighted by Gasteiger charge is -2.24. The van der Waals surface area contributed by atoms with E-state index in [0.29, 0.717) is 17.2 Å². The molecule has 0 radical (unpaired) electrons. The first kappa shape index (κ1) is 20.8. The van der Waals surface area contributed by atoms with Crippen LogP contribution in [0, 0.1) is 13.8 Å². The van der Waals surface area contributed by atoms with Crippen LogP contribution in [-0.4, -0.2) is 23.9 Å². The number of Topliss-reactive ketones (excluding diaryl/α,β-unsaturated/α-hetero) is 1. The lowest BCUT2D eigenvalue weighted by molar-refractivity contribution is -0.132. The quantitative estimate of drug-likeness (QED) is 0.345. The van der Waals surface area contributed by atoms with Crippen molar-refractivity contribution in [1.82, 2.24) is 0 Å². The lowest BCUT2D eigenvalue weighted by Crippen LogP contribution is -2.29. The zero-order valence-electron chi connectivity index (χ0n) is 17.2. The molecule has 2 aromatic carbocycles. The van der Waals surface area contributed by atoms with Gasteiger partial charge in [0.05, 0.1) is 24.0 Å². The summed E-state index contributed by atoms with van der Waals surface area (Å²) in [5, 5.41) is 11.4. The van der Waals surface area contributed by atoms with Crippen LogP contribution >= 0.6 is 11.6 Å². The predicted molar refractivity (Wildman–Crippen MR) is 117 cm³/mol. The lowest BCUT2D eigenvalue weighted by atomic mass is 9.98. The van der Waals surface area contributed by atoms with E-state index >= 15 is 0 Å². The van der Waals surface area contributed by atoms with Crippen molar-refractivity contribution in [3.8, 4) is 5.75 Å². The summed E-state index contributed by atoms with van der Waals surface area (Å²) in [6, 6.07) is 12.5. The highest BCUT2D eigenvalue weighted by Crippen LogP contribution is 2.43. The Morgan fingerprint density at radius 2 is 1.87 bits per heavy atom. The molecule has 7 heteroatoms. The number of rotatable bonds is 4. The number of hydrogen-bond acceptors (Lipinski definition) is 5. The third-order valence-electron chi connectivity index (χ3n) is 5.45. The van der Waals surface area contributed by atoms with E-state index in [9.17, 15) is 14.7 Å². The Morgan fingerprint density at radius 3 is 2.52 bits per heavy atom. The first-order valence-electron chi connectivity index (χ1n) is 9.59. The Bertz CT molecular complexity index is 1210. The van der Waals surface area contributed by atoms with Crippen molar-refractivity contribution in [1.29, 1.82) is 0 Å². The maximum atomic E-state index is 13.1. The largest absolute Gasteiger partial charge is 0.507 e. The zero-order valence-corrected chi connectivity index (χ0v) is 17.9. The van der Waals surface area contributed by atoms with Gasteiger partial charge in [0.25, 0.3) is 11.7 Å². The van der Waals surface area contributed by atoms with Gasteiger partial charge < -0.3 is 14.3 Å². The van der Waals surface area contributed by atoms with E-state index in [-0.39, 0.29) is 16.2 Å². The van der Waals surface area contributed by atoms with E-state index in [2.05, 4.69) is 0 Å². The predicted octanol–water partition coefficient (Wildman–Crippen LogP) is 5.18. The molecule has 1 amide bonds. The number of methoxy groups -OCH3 is 1. The minimum absolute atomic E-state index is 0.103. The molecule has 3 aromatic rings. The van der Waals surface area contributed by atoms with Crippen LogP contribution in [0.15, 0.2) is 64.8 Å². The molecule has 0 spiro atoms. The molecule has 0 saturated carbocycles. The molecule has 2 heterocycles. The number of carbonyl (C=O) groups is 2. The van der Waals surface area contributed by atoms with E-state index in [0.717, 1.165) is 11.1 Å². The highest BCUT2D eigenvalue weighted by molar-refractivity contribution is 6.52. The van der Waals surface area contributed by atoms with Gasteiger partial charge >= 0.3 is 0 Å². The van der Waals surface area contributed by atoms with Gasteiger partial charge in [0.1, 0.15) is 23.3 Å². The van der Waals surface area contributed by atoms with Gasteiger partial charge in [-0.3, -0.25) is 14.5 Å². The third-order valence-corrected chi connectivity index (χ3v) is 5.78. The summed E-state index contributed by atoms with van der Waals surface area (Å²) in [4.78, 5) is 27.5. The van der Waals surface area contributed by atoms with Crippen LogP contribution in [-0.2, 0) is 9.59 Å². The summed E-state index contributed by atoms with van der Waals surface area (Å²) in [5.74, 6) is -1.18. The van der Waals surface area contributed by atoms with Gasteiger partial charge in [0.2, 0.25) is 0 Å². The average Bonchev–Trinajstić information content (AvgIpc) is 3.37. The van der Waals surface area contributed by atoms with Crippen molar-refractivity contribution in [2.45, 2.75) is 19.9 Å². The van der Waals surface area contributed by atoms with Crippen molar-refractivity contribution in [2.24, 2.45) is 0 Å². The molecule has 1 fully saturated rings. The topological polar surface area (TPSA) is 80.0 Å². The third kappa shape index (κ3) is 3.49. The molecular weight excluding hydrogens is 418 g/mol. The van der Waals surface area contributed by atoms with Gasteiger partial charge in [-0.15, -0.1) is 0 Å². The Kier molecular flexibility index (Phi) is 5.33. The average molecular weight is 438 g/mol. The monoisotopic (exact) mass is 437 g/mol. The first-order valence-corrected chi connectivity index (χ1v) is 9.97. The molecular formula is C24H20ClNO5. The van der Waals surface area contributed by atoms with Crippen LogP contribution in [0.3, 0.4) is 0 Å². The van der Waals surface area contributed by atoms with Crippen molar-refractivity contribution < 1.29 is 23.8 Å². The summed E-state index contributed by atoms with van der Waals surface area (Å²) < 4.78 is 10.8. The summed E-state index contributed by atoms with van der Waals surface area (Å²) in [6.07, 6.45) is 1.45. The number of benzene rings is 2. The molecule has 1 aromatic heterocycles. The van der Waals surface area contributed by atoms with Gasteiger partial charge in [0.15, 0.2) is 0 Å². The van der Waals surface area contributed by atoms with E-state index in [1.165, 1.54) is 24.3 Å². The second-order valence-electron chi connectivity index (χ2n) is 7.30. The molecule has 1 saturated heterocycles. The summed E-state index contributed by atoms with van der Waals surface area (Å²) in [7, 11) is 1.48. The normalized spacial score (nSPS) is 17.9. The van der Waals surface area contributed by atoms with Gasteiger partial charge in [-0.25, -0.2) is 0 Å². The number of aryl methyl sites for hydroxylation is 2. The summed E-state index contributed by atoms with van der Waals surface area (Å²) >= 11 is 6.29. The smallest absolute Gasteiger partial charge is 0.300 e. The van der Waals surface area contributed by atoms with Crippen LogP contribution in [0.4, 0.5) is 5.69 Å². The van der Waals surface area contributed by atoms with Gasteiger partial charge in [-0.1, -0.05) is 17.7 Å². The second kappa shape index (κ2) is 7.96. The van der Waals surface area contributed by atoms with Crippen molar-refractivity contribution in [3.63, 3.8) is 0 Å². The number of anilines is 1. The fourth-order valence-electron chi connectivity index (χ4n) is 3.65. The summed E-state index contributed by atoms with van der Waals surface area (Å²) in [5.41, 5.74) is 2.64. The maximum absolute atomic E-state index is 13.1. The Labute approximate surface area is 184 Å². The molecule has 31 heavy (non-hydrogen) atoms. The highest BCUT2D eigenvalue weighted by Gasteiger charge is 2.48. The number of halogens is 1. The van der Waals surface area contributed by atoms with E-state index in [1.54, 1.807) is 30.3 Å². The Hall–Kier alpha value is -3.51. The number of nitrogens with zero attached hydrogens (tertiary/aromatic N) is 1. The number of aliphatic hydroxyl groups is 1. The highest BCUT2D eigenvalue weighted by atomic mass is 35.5. The molecule has 0 bridgehead atoms. The Balaban J connectivity index is 1.95. The van der Waals surface area contributed by atoms with Crippen LogP contribution in [0.1, 0.15) is 28.5 Å². The number of carbonyl (C=O) groups excluding carboxylic acids is 2. The number of ketones is 1. The number of amides is 1. The first-order chi connectivity index (χ1) is 14.8. The van der Waals surface area contributed by atoms with Crippen molar-refractivity contribution in [2.75, 3.05) is 12.0 Å². The fraction of sp³-hybridized carbons (Fsp3) is 0.167. The molecule has 1 aliphatic rings. The zero-order chi connectivity index (χ0) is 22.3. The van der Waals surface area contributed by atoms with E-state index in [1.807, 2.05) is 26.0 Å². The number of furan rings is 1. The molecule has 1 N–H and O–H groups in total. The Morgan fingerprint density at radius 1 is 1.10 bits per heavy atom. The van der Waals surface area contributed by atoms with Crippen LogP contribution in [0.2, 0.25) is 5.02 Å². The van der Waals surface area contributed by atoms with Crippen LogP contribution in [0.5, 0.6) is 5.75 Å². The van der Waals surface area contributed by atoms with Gasteiger partial charge in [-0.05, 0) is 67.4 Å². The second-order valence-corrected chi connectivity index (χ2v) is 7.71.